The van der Waals surface area contributed by atoms with Gasteiger partial charge >= 0.3 is 5.97 Å². The van der Waals surface area contributed by atoms with E-state index in [1.807, 2.05) is 25.1 Å². The van der Waals surface area contributed by atoms with Crippen molar-refractivity contribution < 1.29 is 14.7 Å². The number of carbonyl (C=O) groups excluding carboxylic acids is 1. The number of anilines is 1. The minimum atomic E-state index is -1.23. The molecule has 0 radical (unpaired) electrons. The second kappa shape index (κ2) is 7.01. The lowest BCUT2D eigenvalue weighted by Gasteiger charge is -2.06. The number of aryl methyl sites for hydroxylation is 2. The maximum atomic E-state index is 12.4. The fraction of sp³-hybridized carbons (Fsp3) is 0.176. The van der Waals surface area contributed by atoms with Crippen molar-refractivity contribution >= 4 is 29.3 Å². The van der Waals surface area contributed by atoms with Crippen LogP contribution in [0.4, 0.5) is 5.82 Å². The third-order valence-corrected chi connectivity index (χ3v) is 4.26. The van der Waals surface area contributed by atoms with Crippen LogP contribution in [0.5, 0.6) is 0 Å². The van der Waals surface area contributed by atoms with E-state index in [0.29, 0.717) is 17.4 Å². The van der Waals surface area contributed by atoms with Crippen molar-refractivity contribution in [1.82, 2.24) is 19.6 Å². The molecule has 3 aromatic rings. The SMILES string of the molecule is Cc1cc(NC(=O)c2cnn(C)c2C(=O)O)nn1Cc1ccccc1Cl. The first-order valence-electron chi connectivity index (χ1n) is 7.71. The molecule has 0 aliphatic rings. The highest BCUT2D eigenvalue weighted by Crippen LogP contribution is 2.19. The van der Waals surface area contributed by atoms with Gasteiger partial charge in [0.25, 0.3) is 5.91 Å². The van der Waals surface area contributed by atoms with Crippen molar-refractivity contribution in [3.63, 3.8) is 0 Å². The van der Waals surface area contributed by atoms with Crippen LogP contribution in [0.15, 0.2) is 36.5 Å². The van der Waals surface area contributed by atoms with Gasteiger partial charge in [-0.3, -0.25) is 14.2 Å². The lowest BCUT2D eigenvalue weighted by Crippen LogP contribution is -2.17. The monoisotopic (exact) mass is 373 g/mol. The number of halogens is 1. The number of nitrogens with one attached hydrogen (secondary N) is 1. The van der Waals surface area contributed by atoms with Gasteiger partial charge in [-0.15, -0.1) is 0 Å². The largest absolute Gasteiger partial charge is 0.477 e. The number of carboxylic acids is 1. The van der Waals surface area contributed by atoms with E-state index in [1.165, 1.54) is 13.2 Å². The van der Waals surface area contributed by atoms with Crippen LogP contribution in [0.25, 0.3) is 0 Å². The summed E-state index contributed by atoms with van der Waals surface area (Å²) in [6, 6.07) is 9.14. The number of carboxylic acid groups (broad SMARTS) is 1. The smallest absolute Gasteiger partial charge is 0.354 e. The Kier molecular flexibility index (Phi) is 4.77. The van der Waals surface area contributed by atoms with Crippen molar-refractivity contribution in [1.29, 1.82) is 0 Å². The van der Waals surface area contributed by atoms with Crippen LogP contribution in [0.3, 0.4) is 0 Å². The standard InChI is InChI=1S/C17H16ClN5O3/c1-10-7-14(21-23(10)9-11-5-3-4-6-13(11)18)20-16(24)12-8-19-22(2)15(12)17(25)26/h3-8H,9H2,1-2H3,(H,25,26)(H,20,21,24). The number of benzene rings is 1. The zero-order chi connectivity index (χ0) is 18.8. The van der Waals surface area contributed by atoms with E-state index >= 15 is 0 Å². The van der Waals surface area contributed by atoms with Crippen LogP contribution in [0.1, 0.15) is 32.1 Å². The fourth-order valence-electron chi connectivity index (χ4n) is 2.56. The van der Waals surface area contributed by atoms with E-state index in [2.05, 4.69) is 15.5 Å². The molecule has 0 bridgehead atoms. The van der Waals surface area contributed by atoms with E-state index in [4.69, 9.17) is 11.6 Å². The van der Waals surface area contributed by atoms with Gasteiger partial charge in [0.2, 0.25) is 0 Å². The molecule has 1 amide bonds. The van der Waals surface area contributed by atoms with E-state index < -0.39 is 11.9 Å². The minimum absolute atomic E-state index is 0.0293. The molecular formula is C17H16ClN5O3. The van der Waals surface area contributed by atoms with Crippen LogP contribution in [-0.4, -0.2) is 36.5 Å². The number of carbonyl (C=O) groups is 2. The van der Waals surface area contributed by atoms with Crippen molar-refractivity contribution in [3.05, 3.63) is 64.1 Å². The van der Waals surface area contributed by atoms with E-state index in [-0.39, 0.29) is 11.3 Å². The second-order valence-electron chi connectivity index (χ2n) is 5.71. The Bertz CT molecular complexity index is 992. The number of aromatic nitrogens is 4. The molecule has 0 saturated carbocycles. The summed E-state index contributed by atoms with van der Waals surface area (Å²) in [6.45, 7) is 2.31. The summed E-state index contributed by atoms with van der Waals surface area (Å²) in [5.74, 6) is -1.49. The van der Waals surface area contributed by atoms with E-state index in [9.17, 15) is 14.7 Å². The highest BCUT2D eigenvalue weighted by molar-refractivity contribution is 6.31. The summed E-state index contributed by atoms with van der Waals surface area (Å²) in [4.78, 5) is 23.7. The summed E-state index contributed by atoms with van der Waals surface area (Å²) < 4.78 is 2.84. The molecule has 0 saturated heterocycles. The van der Waals surface area contributed by atoms with Gasteiger partial charge < -0.3 is 10.4 Å². The van der Waals surface area contributed by atoms with Crippen molar-refractivity contribution in [3.8, 4) is 0 Å². The highest BCUT2D eigenvalue weighted by atomic mass is 35.5. The maximum absolute atomic E-state index is 12.4. The van der Waals surface area contributed by atoms with Gasteiger partial charge in [0, 0.05) is 23.8 Å². The second-order valence-corrected chi connectivity index (χ2v) is 6.12. The van der Waals surface area contributed by atoms with Gasteiger partial charge in [-0.25, -0.2) is 4.79 Å². The van der Waals surface area contributed by atoms with Gasteiger partial charge in [-0.1, -0.05) is 29.8 Å². The molecule has 3 rings (SSSR count). The number of hydrogen-bond acceptors (Lipinski definition) is 4. The molecule has 2 aromatic heterocycles. The summed E-state index contributed by atoms with van der Waals surface area (Å²) >= 11 is 6.17. The molecule has 26 heavy (non-hydrogen) atoms. The number of amides is 1. The quantitative estimate of drug-likeness (QED) is 0.715. The van der Waals surface area contributed by atoms with Crippen LogP contribution < -0.4 is 5.32 Å². The van der Waals surface area contributed by atoms with E-state index in [0.717, 1.165) is 15.9 Å². The molecule has 2 heterocycles. The van der Waals surface area contributed by atoms with Crippen LogP contribution in [0.2, 0.25) is 5.02 Å². The molecular weight excluding hydrogens is 358 g/mol. The molecule has 0 aliphatic heterocycles. The fourth-order valence-corrected chi connectivity index (χ4v) is 2.76. The molecule has 0 atom stereocenters. The molecule has 134 valence electrons. The number of aromatic carboxylic acids is 1. The molecule has 0 unspecified atom stereocenters. The van der Waals surface area contributed by atoms with Gasteiger partial charge in [0.05, 0.1) is 18.3 Å². The third-order valence-electron chi connectivity index (χ3n) is 3.89. The van der Waals surface area contributed by atoms with Crippen molar-refractivity contribution in [2.75, 3.05) is 5.32 Å². The Morgan fingerprint density at radius 3 is 2.73 bits per heavy atom. The third kappa shape index (κ3) is 3.45. The molecule has 0 fully saturated rings. The summed E-state index contributed by atoms with van der Waals surface area (Å²) in [7, 11) is 1.46. The lowest BCUT2D eigenvalue weighted by atomic mass is 10.2. The Balaban J connectivity index is 1.81. The molecule has 1 aromatic carbocycles. The number of hydrogen-bond donors (Lipinski definition) is 2. The molecule has 8 nitrogen and oxygen atoms in total. The average molecular weight is 374 g/mol. The maximum Gasteiger partial charge on any atom is 0.354 e. The Morgan fingerprint density at radius 2 is 2.04 bits per heavy atom. The molecule has 0 spiro atoms. The van der Waals surface area contributed by atoms with Gasteiger partial charge in [0.15, 0.2) is 11.5 Å². The highest BCUT2D eigenvalue weighted by Gasteiger charge is 2.22. The van der Waals surface area contributed by atoms with Gasteiger partial charge in [0.1, 0.15) is 0 Å². The normalized spacial score (nSPS) is 10.7. The first-order valence-corrected chi connectivity index (χ1v) is 8.09. The Labute approximate surface area is 154 Å². The van der Waals surface area contributed by atoms with Crippen molar-refractivity contribution in [2.45, 2.75) is 13.5 Å². The Morgan fingerprint density at radius 1 is 1.31 bits per heavy atom. The summed E-state index contributed by atoms with van der Waals surface area (Å²) in [5.41, 5.74) is 1.51. The molecule has 9 heteroatoms. The van der Waals surface area contributed by atoms with E-state index in [1.54, 1.807) is 16.8 Å². The minimum Gasteiger partial charge on any atom is -0.477 e. The van der Waals surface area contributed by atoms with Gasteiger partial charge in [-0.05, 0) is 18.6 Å². The summed E-state index contributed by atoms with van der Waals surface area (Å²) in [6.07, 6.45) is 1.21. The molecule has 2 N–H and O–H groups in total. The van der Waals surface area contributed by atoms with Crippen LogP contribution in [-0.2, 0) is 13.6 Å². The van der Waals surface area contributed by atoms with Crippen LogP contribution in [0, 0.1) is 6.92 Å². The number of rotatable bonds is 5. The number of nitrogens with zero attached hydrogens (tertiary/aromatic N) is 4. The average Bonchev–Trinajstić information content (AvgIpc) is 3.12. The molecule has 0 aliphatic carbocycles. The summed E-state index contributed by atoms with van der Waals surface area (Å²) in [5, 5.41) is 20.6. The first kappa shape index (κ1) is 17.7. The lowest BCUT2D eigenvalue weighted by molar-refractivity contribution is 0.0680. The zero-order valence-electron chi connectivity index (χ0n) is 14.1. The predicted molar refractivity (Wildman–Crippen MR) is 95.6 cm³/mol. The first-order chi connectivity index (χ1) is 12.4. The zero-order valence-corrected chi connectivity index (χ0v) is 14.9. The van der Waals surface area contributed by atoms with Crippen molar-refractivity contribution in [2.24, 2.45) is 7.05 Å². The predicted octanol–water partition coefficient (Wildman–Crippen LogP) is 2.58. The van der Waals surface area contributed by atoms with Gasteiger partial charge in [-0.2, -0.15) is 10.2 Å². The topological polar surface area (TPSA) is 102 Å². The Hall–Kier alpha value is -3.13. The van der Waals surface area contributed by atoms with Crippen LogP contribution >= 0.6 is 11.6 Å².